The van der Waals surface area contributed by atoms with Crippen LogP contribution >= 0.6 is 0 Å². The van der Waals surface area contributed by atoms with Gasteiger partial charge >= 0.3 is 0 Å². The molecule has 2 aliphatic rings. The Balaban J connectivity index is 1.55. The van der Waals surface area contributed by atoms with Crippen molar-refractivity contribution in [3.63, 3.8) is 0 Å². The SMILES string of the molecule is CC(=O)N1CCC(N(CCNC(=O)c2ccncc2)C2CCOCC2)CC1. The molecule has 0 radical (unpaired) electrons. The lowest BCUT2D eigenvalue weighted by Crippen LogP contribution is -2.53. The standard InChI is InChI=1S/C20H30N4O3/c1-16(25)23-11-4-18(5-12-23)24(19-6-14-27-15-7-19)13-10-22-20(26)17-2-8-21-9-3-17/h2-3,8-9,18-19H,4-7,10-15H2,1H3,(H,22,26). The van der Waals surface area contributed by atoms with Gasteiger partial charge in [-0.3, -0.25) is 19.5 Å². The number of hydrogen-bond acceptors (Lipinski definition) is 5. The second kappa shape index (κ2) is 9.80. The van der Waals surface area contributed by atoms with Gasteiger partial charge < -0.3 is 15.0 Å². The molecule has 0 saturated carbocycles. The van der Waals surface area contributed by atoms with Crippen LogP contribution in [0.25, 0.3) is 0 Å². The first kappa shape index (κ1) is 19.8. The number of rotatable bonds is 6. The van der Waals surface area contributed by atoms with Gasteiger partial charge in [0.05, 0.1) is 0 Å². The fourth-order valence-corrected chi connectivity index (χ4v) is 4.10. The summed E-state index contributed by atoms with van der Waals surface area (Å²) in [6.07, 6.45) is 7.32. The molecule has 1 N–H and O–H groups in total. The Labute approximate surface area is 161 Å². The second-order valence-electron chi connectivity index (χ2n) is 7.31. The van der Waals surface area contributed by atoms with E-state index in [0.717, 1.165) is 58.5 Å². The molecule has 0 atom stereocenters. The summed E-state index contributed by atoms with van der Waals surface area (Å²) in [4.78, 5) is 32.3. The van der Waals surface area contributed by atoms with E-state index in [1.165, 1.54) is 0 Å². The minimum absolute atomic E-state index is 0.0595. The highest BCUT2D eigenvalue weighted by atomic mass is 16.5. The molecule has 1 aromatic heterocycles. The van der Waals surface area contributed by atoms with Crippen molar-refractivity contribution in [2.75, 3.05) is 39.4 Å². The number of amides is 2. The molecule has 1 aromatic rings. The van der Waals surface area contributed by atoms with Crippen molar-refractivity contribution in [3.8, 4) is 0 Å². The van der Waals surface area contributed by atoms with Gasteiger partial charge in [0.15, 0.2) is 0 Å². The number of carbonyl (C=O) groups is 2. The molecule has 0 aromatic carbocycles. The van der Waals surface area contributed by atoms with Gasteiger partial charge in [0.2, 0.25) is 5.91 Å². The number of carbonyl (C=O) groups excluding carboxylic acids is 2. The number of ether oxygens (including phenoxy) is 1. The number of nitrogens with zero attached hydrogens (tertiary/aromatic N) is 3. The monoisotopic (exact) mass is 374 g/mol. The molecule has 2 aliphatic heterocycles. The molecule has 0 spiro atoms. The fraction of sp³-hybridized carbons (Fsp3) is 0.650. The zero-order valence-corrected chi connectivity index (χ0v) is 16.1. The molecule has 7 nitrogen and oxygen atoms in total. The van der Waals surface area contributed by atoms with Crippen molar-refractivity contribution in [1.29, 1.82) is 0 Å². The van der Waals surface area contributed by atoms with Gasteiger partial charge in [0.25, 0.3) is 5.91 Å². The van der Waals surface area contributed by atoms with Crippen molar-refractivity contribution in [2.24, 2.45) is 0 Å². The summed E-state index contributed by atoms with van der Waals surface area (Å²) >= 11 is 0. The van der Waals surface area contributed by atoms with Gasteiger partial charge in [-0.25, -0.2) is 0 Å². The van der Waals surface area contributed by atoms with E-state index in [9.17, 15) is 9.59 Å². The average molecular weight is 374 g/mol. The lowest BCUT2D eigenvalue weighted by molar-refractivity contribution is -0.130. The molecule has 0 bridgehead atoms. The summed E-state index contributed by atoms with van der Waals surface area (Å²) in [6, 6.07) is 4.40. The summed E-state index contributed by atoms with van der Waals surface area (Å²) in [5, 5.41) is 3.03. The minimum atomic E-state index is -0.0595. The van der Waals surface area contributed by atoms with E-state index < -0.39 is 0 Å². The van der Waals surface area contributed by atoms with Crippen LogP contribution in [0.3, 0.4) is 0 Å². The molecule has 3 heterocycles. The zero-order chi connectivity index (χ0) is 19.1. The normalized spacial score (nSPS) is 19.3. The van der Waals surface area contributed by atoms with Crippen LogP contribution in [0.5, 0.6) is 0 Å². The van der Waals surface area contributed by atoms with E-state index in [1.807, 2.05) is 4.90 Å². The highest BCUT2D eigenvalue weighted by Crippen LogP contribution is 2.23. The van der Waals surface area contributed by atoms with Gasteiger partial charge in [0.1, 0.15) is 0 Å². The Bertz CT molecular complexity index is 611. The molecule has 0 unspecified atom stereocenters. The van der Waals surface area contributed by atoms with E-state index in [2.05, 4.69) is 15.2 Å². The number of likely N-dealkylation sites (tertiary alicyclic amines) is 1. The van der Waals surface area contributed by atoms with Crippen molar-refractivity contribution < 1.29 is 14.3 Å². The van der Waals surface area contributed by atoms with Gasteiger partial charge in [-0.15, -0.1) is 0 Å². The van der Waals surface area contributed by atoms with Crippen LogP contribution in [0.15, 0.2) is 24.5 Å². The van der Waals surface area contributed by atoms with Crippen LogP contribution in [0, 0.1) is 0 Å². The van der Waals surface area contributed by atoms with Crippen LogP contribution in [-0.4, -0.2) is 78.1 Å². The third-order valence-electron chi connectivity index (χ3n) is 5.64. The Morgan fingerprint density at radius 2 is 1.78 bits per heavy atom. The molecule has 2 amide bonds. The first-order valence-corrected chi connectivity index (χ1v) is 9.92. The number of aromatic nitrogens is 1. The summed E-state index contributed by atoms with van der Waals surface area (Å²) in [5.41, 5.74) is 0.636. The highest BCUT2D eigenvalue weighted by molar-refractivity contribution is 5.93. The predicted molar refractivity (Wildman–Crippen MR) is 102 cm³/mol. The molecular formula is C20H30N4O3. The van der Waals surface area contributed by atoms with Crippen LogP contribution < -0.4 is 5.32 Å². The summed E-state index contributed by atoms with van der Waals surface area (Å²) in [7, 11) is 0. The lowest BCUT2D eigenvalue weighted by atomic mass is 9.98. The number of pyridine rings is 1. The number of hydrogen-bond donors (Lipinski definition) is 1. The quantitative estimate of drug-likeness (QED) is 0.812. The van der Waals surface area contributed by atoms with Crippen molar-refractivity contribution in [1.82, 2.24) is 20.1 Å². The second-order valence-corrected chi connectivity index (χ2v) is 7.31. The number of nitrogens with one attached hydrogen (secondary N) is 1. The van der Waals surface area contributed by atoms with Crippen molar-refractivity contribution in [3.05, 3.63) is 30.1 Å². The zero-order valence-electron chi connectivity index (χ0n) is 16.1. The average Bonchev–Trinajstić information content (AvgIpc) is 2.72. The van der Waals surface area contributed by atoms with Crippen LogP contribution in [-0.2, 0) is 9.53 Å². The summed E-state index contributed by atoms with van der Waals surface area (Å²) in [5.74, 6) is 0.103. The summed E-state index contributed by atoms with van der Waals surface area (Å²) in [6.45, 7) is 6.34. The highest BCUT2D eigenvalue weighted by Gasteiger charge is 2.31. The van der Waals surface area contributed by atoms with Gasteiger partial charge in [-0.1, -0.05) is 0 Å². The molecule has 0 aliphatic carbocycles. The van der Waals surface area contributed by atoms with Crippen LogP contribution in [0.2, 0.25) is 0 Å². The Hall–Kier alpha value is -1.99. The Morgan fingerprint density at radius 3 is 2.41 bits per heavy atom. The van der Waals surface area contributed by atoms with Crippen molar-refractivity contribution in [2.45, 2.75) is 44.7 Å². The molecule has 27 heavy (non-hydrogen) atoms. The van der Waals surface area contributed by atoms with Crippen LogP contribution in [0.1, 0.15) is 43.0 Å². The maximum atomic E-state index is 12.3. The fourth-order valence-electron chi connectivity index (χ4n) is 4.10. The van der Waals surface area contributed by atoms with E-state index in [0.29, 0.717) is 24.2 Å². The largest absolute Gasteiger partial charge is 0.381 e. The number of piperidine rings is 1. The predicted octanol–water partition coefficient (Wildman–Crippen LogP) is 1.30. The molecule has 7 heteroatoms. The maximum absolute atomic E-state index is 12.3. The molecule has 2 fully saturated rings. The van der Waals surface area contributed by atoms with E-state index in [1.54, 1.807) is 31.5 Å². The third kappa shape index (κ3) is 5.49. The smallest absolute Gasteiger partial charge is 0.251 e. The molecule has 2 saturated heterocycles. The van der Waals surface area contributed by atoms with E-state index >= 15 is 0 Å². The molecule has 3 rings (SSSR count). The first-order chi connectivity index (χ1) is 13.1. The van der Waals surface area contributed by atoms with Crippen molar-refractivity contribution >= 4 is 11.8 Å². The molecular weight excluding hydrogens is 344 g/mol. The van der Waals surface area contributed by atoms with E-state index in [4.69, 9.17) is 4.74 Å². The van der Waals surface area contributed by atoms with Gasteiger partial charge in [-0.05, 0) is 37.8 Å². The topological polar surface area (TPSA) is 74.8 Å². The minimum Gasteiger partial charge on any atom is -0.381 e. The van der Waals surface area contributed by atoms with Crippen LogP contribution in [0.4, 0.5) is 0 Å². The third-order valence-corrected chi connectivity index (χ3v) is 5.64. The van der Waals surface area contributed by atoms with E-state index in [-0.39, 0.29) is 11.8 Å². The molecule has 148 valence electrons. The Morgan fingerprint density at radius 1 is 1.15 bits per heavy atom. The Kier molecular flexibility index (Phi) is 7.18. The first-order valence-electron chi connectivity index (χ1n) is 9.92. The lowest BCUT2D eigenvalue weighted by Gasteiger charge is -2.43. The maximum Gasteiger partial charge on any atom is 0.251 e. The summed E-state index contributed by atoms with van der Waals surface area (Å²) < 4.78 is 5.53. The van der Waals surface area contributed by atoms with Gasteiger partial charge in [0, 0.05) is 76.4 Å². The van der Waals surface area contributed by atoms with Gasteiger partial charge in [-0.2, -0.15) is 0 Å².